The summed E-state index contributed by atoms with van der Waals surface area (Å²) >= 11 is 3.44. The van der Waals surface area contributed by atoms with Gasteiger partial charge in [0, 0.05) is 16.7 Å². The molecular weight excluding hydrogens is 310 g/mol. The fourth-order valence-corrected chi connectivity index (χ4v) is 4.25. The van der Waals surface area contributed by atoms with Crippen molar-refractivity contribution in [1.82, 2.24) is 4.98 Å². The molecule has 1 aliphatic heterocycles. The van der Waals surface area contributed by atoms with E-state index >= 15 is 0 Å². The van der Waals surface area contributed by atoms with Gasteiger partial charge in [-0.1, -0.05) is 36.4 Å². The van der Waals surface area contributed by atoms with Crippen LogP contribution in [0.3, 0.4) is 0 Å². The monoisotopic (exact) mass is 325 g/mol. The van der Waals surface area contributed by atoms with E-state index in [-0.39, 0.29) is 6.04 Å². The molecule has 0 unspecified atom stereocenters. The standard InChI is InChI=1S/C17H15N3S2/c1-12-11-22-17(18-12)20-15(16-8-5-9-21-16)10-14(19-20)13-6-3-2-4-7-13/h2-9,11,15H,10H2,1H3/t15-/m0/s1. The summed E-state index contributed by atoms with van der Waals surface area (Å²) in [5.41, 5.74) is 3.37. The number of aromatic nitrogens is 1. The maximum Gasteiger partial charge on any atom is 0.206 e. The molecule has 4 rings (SSSR count). The second kappa shape index (κ2) is 5.66. The van der Waals surface area contributed by atoms with Gasteiger partial charge in [0.2, 0.25) is 5.13 Å². The average Bonchev–Trinajstić information content (AvgIpc) is 3.27. The molecule has 22 heavy (non-hydrogen) atoms. The highest BCUT2D eigenvalue weighted by Crippen LogP contribution is 2.39. The normalized spacial score (nSPS) is 17.8. The Morgan fingerprint density at radius 3 is 2.64 bits per heavy atom. The minimum atomic E-state index is 0.251. The Kier molecular flexibility index (Phi) is 3.52. The zero-order valence-electron chi connectivity index (χ0n) is 12.1. The molecule has 5 heteroatoms. The molecule has 0 fully saturated rings. The van der Waals surface area contributed by atoms with Crippen LogP contribution in [0.2, 0.25) is 0 Å². The number of aryl methyl sites for hydroxylation is 1. The average molecular weight is 325 g/mol. The predicted octanol–water partition coefficient (Wildman–Crippen LogP) is 4.87. The highest BCUT2D eigenvalue weighted by Gasteiger charge is 2.31. The maximum absolute atomic E-state index is 4.88. The number of hydrogen-bond donors (Lipinski definition) is 0. The molecule has 110 valence electrons. The van der Waals surface area contributed by atoms with Crippen LogP contribution in [0, 0.1) is 6.92 Å². The van der Waals surface area contributed by atoms with Crippen molar-refractivity contribution in [3.05, 3.63) is 69.4 Å². The molecule has 0 radical (unpaired) electrons. The number of thiazole rings is 1. The molecule has 1 aromatic carbocycles. The van der Waals surface area contributed by atoms with Crippen molar-refractivity contribution in [3.8, 4) is 0 Å². The van der Waals surface area contributed by atoms with Crippen molar-refractivity contribution in [3.63, 3.8) is 0 Å². The molecule has 0 saturated heterocycles. The van der Waals surface area contributed by atoms with E-state index in [1.165, 1.54) is 10.4 Å². The summed E-state index contributed by atoms with van der Waals surface area (Å²) in [5, 5.41) is 12.2. The van der Waals surface area contributed by atoms with Gasteiger partial charge < -0.3 is 0 Å². The first-order valence-corrected chi connectivity index (χ1v) is 8.95. The molecule has 1 atom stereocenters. The topological polar surface area (TPSA) is 28.5 Å². The Labute approximate surface area is 137 Å². The van der Waals surface area contributed by atoms with Crippen LogP contribution >= 0.6 is 22.7 Å². The van der Waals surface area contributed by atoms with Crippen molar-refractivity contribution in [2.75, 3.05) is 5.01 Å². The van der Waals surface area contributed by atoms with E-state index in [0.29, 0.717) is 0 Å². The lowest BCUT2D eigenvalue weighted by atomic mass is 10.0. The molecule has 0 spiro atoms. The van der Waals surface area contributed by atoms with Crippen molar-refractivity contribution >= 4 is 33.5 Å². The van der Waals surface area contributed by atoms with E-state index in [9.17, 15) is 0 Å². The first-order valence-electron chi connectivity index (χ1n) is 7.19. The molecule has 0 bridgehead atoms. The molecule has 0 amide bonds. The Bertz CT molecular complexity index is 790. The summed E-state index contributed by atoms with van der Waals surface area (Å²) in [6.07, 6.45) is 0.920. The Morgan fingerprint density at radius 1 is 1.09 bits per heavy atom. The second-order valence-corrected chi connectivity index (χ2v) is 7.08. The van der Waals surface area contributed by atoms with E-state index in [2.05, 4.69) is 57.2 Å². The van der Waals surface area contributed by atoms with Gasteiger partial charge in [0.15, 0.2) is 0 Å². The van der Waals surface area contributed by atoms with Crippen molar-refractivity contribution in [1.29, 1.82) is 0 Å². The number of hydrogen-bond acceptors (Lipinski definition) is 5. The number of thiophene rings is 1. The van der Waals surface area contributed by atoms with Crippen LogP contribution in [-0.2, 0) is 0 Å². The number of rotatable bonds is 3. The summed E-state index contributed by atoms with van der Waals surface area (Å²) < 4.78 is 0. The molecular formula is C17H15N3S2. The molecule has 3 aromatic rings. The van der Waals surface area contributed by atoms with Gasteiger partial charge in [-0.2, -0.15) is 5.10 Å². The van der Waals surface area contributed by atoms with Gasteiger partial charge in [-0.25, -0.2) is 9.99 Å². The third-order valence-corrected chi connectivity index (χ3v) is 5.61. The number of hydrazone groups is 1. The minimum absolute atomic E-state index is 0.251. The van der Waals surface area contributed by atoms with Gasteiger partial charge >= 0.3 is 0 Å². The van der Waals surface area contributed by atoms with E-state index in [1.54, 1.807) is 22.7 Å². The predicted molar refractivity (Wildman–Crippen MR) is 94.0 cm³/mol. The highest BCUT2D eigenvalue weighted by atomic mass is 32.1. The fraction of sp³-hybridized carbons (Fsp3) is 0.176. The third-order valence-electron chi connectivity index (χ3n) is 3.69. The summed E-state index contributed by atoms with van der Waals surface area (Å²) in [6, 6.07) is 15.0. The lowest BCUT2D eigenvalue weighted by Gasteiger charge is -2.19. The number of anilines is 1. The van der Waals surface area contributed by atoms with Gasteiger partial charge in [0.25, 0.3) is 0 Å². The van der Waals surface area contributed by atoms with E-state index in [1.807, 2.05) is 13.0 Å². The van der Waals surface area contributed by atoms with E-state index < -0.39 is 0 Å². The Hall–Kier alpha value is -1.98. The lowest BCUT2D eigenvalue weighted by Crippen LogP contribution is -2.17. The summed E-state index contributed by atoms with van der Waals surface area (Å²) in [6.45, 7) is 2.03. The Balaban J connectivity index is 1.74. The first kappa shape index (κ1) is 13.7. The molecule has 2 aromatic heterocycles. The minimum Gasteiger partial charge on any atom is -0.230 e. The zero-order valence-corrected chi connectivity index (χ0v) is 13.8. The van der Waals surface area contributed by atoms with Crippen molar-refractivity contribution in [2.45, 2.75) is 19.4 Å². The van der Waals surface area contributed by atoms with E-state index in [0.717, 1.165) is 23.0 Å². The second-order valence-electron chi connectivity index (χ2n) is 5.26. The smallest absolute Gasteiger partial charge is 0.206 e. The SMILES string of the molecule is Cc1csc(N2N=C(c3ccccc3)C[C@H]2c2cccs2)n1. The van der Waals surface area contributed by atoms with Crippen LogP contribution in [0.4, 0.5) is 5.13 Å². The van der Waals surface area contributed by atoms with Crippen LogP contribution in [0.25, 0.3) is 0 Å². The molecule has 0 N–H and O–H groups in total. The van der Waals surface area contributed by atoms with Crippen LogP contribution in [0.5, 0.6) is 0 Å². The van der Waals surface area contributed by atoms with Crippen LogP contribution < -0.4 is 5.01 Å². The van der Waals surface area contributed by atoms with Gasteiger partial charge in [-0.3, -0.25) is 0 Å². The molecule has 3 heterocycles. The van der Waals surface area contributed by atoms with Gasteiger partial charge in [-0.05, 0) is 23.9 Å². The fourth-order valence-electron chi connectivity index (χ4n) is 2.64. The van der Waals surface area contributed by atoms with Crippen molar-refractivity contribution in [2.24, 2.45) is 5.10 Å². The first-order chi connectivity index (χ1) is 10.8. The molecule has 1 aliphatic rings. The maximum atomic E-state index is 4.88. The summed E-state index contributed by atoms with van der Waals surface area (Å²) in [7, 11) is 0. The lowest BCUT2D eigenvalue weighted by molar-refractivity contribution is 0.718. The van der Waals surface area contributed by atoms with Crippen LogP contribution in [0.1, 0.15) is 28.6 Å². The zero-order chi connectivity index (χ0) is 14.9. The molecule has 0 aliphatic carbocycles. The number of benzene rings is 1. The van der Waals surface area contributed by atoms with Crippen LogP contribution in [-0.4, -0.2) is 10.7 Å². The molecule has 3 nitrogen and oxygen atoms in total. The van der Waals surface area contributed by atoms with Gasteiger partial charge in [-0.15, -0.1) is 22.7 Å². The van der Waals surface area contributed by atoms with Crippen LogP contribution in [0.15, 0.2) is 58.3 Å². The third kappa shape index (κ3) is 2.46. The summed E-state index contributed by atoms with van der Waals surface area (Å²) in [5.74, 6) is 0. The van der Waals surface area contributed by atoms with Crippen molar-refractivity contribution < 1.29 is 0 Å². The Morgan fingerprint density at radius 2 is 1.95 bits per heavy atom. The highest BCUT2D eigenvalue weighted by molar-refractivity contribution is 7.13. The number of nitrogens with zero attached hydrogens (tertiary/aromatic N) is 3. The largest absolute Gasteiger partial charge is 0.230 e. The van der Waals surface area contributed by atoms with Gasteiger partial charge in [0.1, 0.15) is 0 Å². The quantitative estimate of drug-likeness (QED) is 0.687. The summed E-state index contributed by atoms with van der Waals surface area (Å²) in [4.78, 5) is 5.96. The van der Waals surface area contributed by atoms with E-state index in [4.69, 9.17) is 5.10 Å². The molecule has 0 saturated carbocycles. The van der Waals surface area contributed by atoms with Gasteiger partial charge in [0.05, 0.1) is 17.4 Å².